The standard InChI is InChI=1S/C12H15FN2O3S/c1-19(17,18)11-5-6-15(8-11)12(16)14-10-4-2-3-9(13)7-10/h2-4,7,11H,5-6,8H2,1H3,(H,14,16). The summed E-state index contributed by atoms with van der Waals surface area (Å²) in [5.74, 6) is -0.437. The number of benzene rings is 1. The van der Waals surface area contributed by atoms with Crippen molar-refractivity contribution in [1.82, 2.24) is 4.90 Å². The molecule has 0 aliphatic carbocycles. The highest BCUT2D eigenvalue weighted by Crippen LogP contribution is 2.18. The number of sulfone groups is 1. The van der Waals surface area contributed by atoms with Gasteiger partial charge in [0.15, 0.2) is 9.84 Å². The van der Waals surface area contributed by atoms with Crippen molar-refractivity contribution in [2.24, 2.45) is 0 Å². The summed E-state index contributed by atoms with van der Waals surface area (Å²) >= 11 is 0. The smallest absolute Gasteiger partial charge is 0.321 e. The zero-order valence-corrected chi connectivity index (χ0v) is 11.3. The van der Waals surface area contributed by atoms with E-state index >= 15 is 0 Å². The average Bonchev–Trinajstić information content (AvgIpc) is 2.77. The van der Waals surface area contributed by atoms with E-state index in [-0.39, 0.29) is 6.54 Å². The molecule has 2 amide bonds. The Bertz CT molecular complexity index is 588. The minimum Gasteiger partial charge on any atom is -0.323 e. The van der Waals surface area contributed by atoms with E-state index in [4.69, 9.17) is 0 Å². The molecule has 7 heteroatoms. The number of urea groups is 1. The topological polar surface area (TPSA) is 66.5 Å². The van der Waals surface area contributed by atoms with Crippen LogP contribution in [0.25, 0.3) is 0 Å². The Balaban J connectivity index is 1.99. The van der Waals surface area contributed by atoms with Crippen LogP contribution >= 0.6 is 0 Å². The minimum absolute atomic E-state index is 0.181. The van der Waals surface area contributed by atoms with Crippen LogP contribution in [0, 0.1) is 5.82 Å². The van der Waals surface area contributed by atoms with Gasteiger partial charge in [0.2, 0.25) is 0 Å². The molecule has 1 saturated heterocycles. The lowest BCUT2D eigenvalue weighted by molar-refractivity contribution is 0.222. The molecule has 1 aliphatic rings. The zero-order chi connectivity index (χ0) is 14.0. The Kier molecular flexibility index (Phi) is 3.75. The van der Waals surface area contributed by atoms with Gasteiger partial charge in [-0.3, -0.25) is 0 Å². The maximum absolute atomic E-state index is 13.0. The van der Waals surface area contributed by atoms with Gasteiger partial charge in [-0.1, -0.05) is 6.07 Å². The number of hydrogen-bond donors (Lipinski definition) is 1. The van der Waals surface area contributed by atoms with Crippen LogP contribution in [-0.4, -0.2) is 43.9 Å². The van der Waals surface area contributed by atoms with Crippen molar-refractivity contribution < 1.29 is 17.6 Å². The summed E-state index contributed by atoms with van der Waals surface area (Å²) < 4.78 is 35.8. The summed E-state index contributed by atoms with van der Waals surface area (Å²) in [5, 5.41) is 2.04. The van der Waals surface area contributed by atoms with Gasteiger partial charge in [0, 0.05) is 25.0 Å². The summed E-state index contributed by atoms with van der Waals surface area (Å²) in [7, 11) is -3.13. The van der Waals surface area contributed by atoms with E-state index in [1.54, 1.807) is 6.07 Å². The van der Waals surface area contributed by atoms with Crippen molar-refractivity contribution >= 4 is 21.6 Å². The van der Waals surface area contributed by atoms with E-state index in [0.29, 0.717) is 18.7 Å². The molecule has 0 aromatic heterocycles. The fourth-order valence-corrected chi connectivity index (χ4v) is 3.02. The predicted molar refractivity (Wildman–Crippen MR) is 70.2 cm³/mol. The largest absolute Gasteiger partial charge is 0.323 e. The third kappa shape index (κ3) is 3.44. The normalized spacial score (nSPS) is 19.5. The number of amides is 2. The van der Waals surface area contributed by atoms with E-state index in [0.717, 1.165) is 0 Å². The van der Waals surface area contributed by atoms with Crippen LogP contribution in [0.5, 0.6) is 0 Å². The third-order valence-electron chi connectivity index (χ3n) is 3.11. The molecule has 5 nitrogen and oxygen atoms in total. The van der Waals surface area contributed by atoms with Crippen LogP contribution in [-0.2, 0) is 9.84 Å². The summed E-state index contributed by atoms with van der Waals surface area (Å²) in [4.78, 5) is 13.3. The maximum Gasteiger partial charge on any atom is 0.321 e. The molecule has 0 spiro atoms. The lowest BCUT2D eigenvalue weighted by Crippen LogP contribution is -2.34. The molecule has 1 aromatic rings. The van der Waals surface area contributed by atoms with Crippen molar-refractivity contribution in [1.29, 1.82) is 0 Å². The quantitative estimate of drug-likeness (QED) is 0.895. The van der Waals surface area contributed by atoms with Gasteiger partial charge in [0.1, 0.15) is 5.82 Å². The van der Waals surface area contributed by atoms with Crippen LogP contribution in [0.2, 0.25) is 0 Å². The van der Waals surface area contributed by atoms with Gasteiger partial charge in [-0.2, -0.15) is 0 Å². The molecule has 0 saturated carbocycles. The zero-order valence-electron chi connectivity index (χ0n) is 10.5. The monoisotopic (exact) mass is 286 g/mol. The van der Waals surface area contributed by atoms with Crippen molar-refractivity contribution in [3.8, 4) is 0 Å². The molecule has 1 N–H and O–H groups in total. The van der Waals surface area contributed by atoms with Gasteiger partial charge in [-0.05, 0) is 24.6 Å². The Morgan fingerprint density at radius 1 is 1.47 bits per heavy atom. The van der Waals surface area contributed by atoms with Crippen molar-refractivity contribution in [2.75, 3.05) is 24.7 Å². The van der Waals surface area contributed by atoms with Crippen LogP contribution in [0.15, 0.2) is 24.3 Å². The number of halogens is 1. The summed E-state index contributed by atoms with van der Waals surface area (Å²) in [6, 6.07) is 5.16. The minimum atomic E-state index is -3.13. The average molecular weight is 286 g/mol. The Labute approximate surface area is 111 Å². The van der Waals surface area contributed by atoms with Crippen LogP contribution < -0.4 is 5.32 Å². The first-order valence-electron chi connectivity index (χ1n) is 5.86. The number of carbonyl (C=O) groups excluding carboxylic acids is 1. The second-order valence-electron chi connectivity index (χ2n) is 4.63. The molecule has 1 aromatic carbocycles. The Hall–Kier alpha value is -1.63. The molecular weight excluding hydrogens is 271 g/mol. The molecular formula is C12H15FN2O3S. The molecule has 1 aliphatic heterocycles. The fraction of sp³-hybridized carbons (Fsp3) is 0.417. The van der Waals surface area contributed by atoms with E-state index < -0.39 is 26.9 Å². The number of rotatable bonds is 2. The first-order chi connectivity index (χ1) is 8.86. The van der Waals surface area contributed by atoms with E-state index in [2.05, 4.69) is 5.32 Å². The predicted octanol–water partition coefficient (Wildman–Crippen LogP) is 1.48. The van der Waals surface area contributed by atoms with Crippen molar-refractivity contribution in [2.45, 2.75) is 11.7 Å². The molecule has 1 heterocycles. The lowest BCUT2D eigenvalue weighted by atomic mass is 10.3. The Morgan fingerprint density at radius 3 is 2.79 bits per heavy atom. The first-order valence-corrected chi connectivity index (χ1v) is 7.82. The number of hydrogen-bond acceptors (Lipinski definition) is 3. The van der Waals surface area contributed by atoms with Gasteiger partial charge in [0.25, 0.3) is 0 Å². The fourth-order valence-electron chi connectivity index (χ4n) is 2.03. The molecule has 0 bridgehead atoms. The number of anilines is 1. The highest BCUT2D eigenvalue weighted by Gasteiger charge is 2.32. The second-order valence-corrected chi connectivity index (χ2v) is 6.95. The highest BCUT2D eigenvalue weighted by atomic mass is 32.2. The molecule has 1 fully saturated rings. The van der Waals surface area contributed by atoms with Crippen LogP contribution in [0.4, 0.5) is 14.9 Å². The summed E-state index contributed by atoms with van der Waals surface area (Å²) in [6.45, 7) is 0.568. The maximum atomic E-state index is 13.0. The van der Waals surface area contributed by atoms with Crippen molar-refractivity contribution in [3.63, 3.8) is 0 Å². The number of nitrogens with one attached hydrogen (secondary N) is 1. The third-order valence-corrected chi connectivity index (χ3v) is 4.71. The van der Waals surface area contributed by atoms with Gasteiger partial charge in [-0.25, -0.2) is 17.6 Å². The number of likely N-dealkylation sites (tertiary alicyclic amines) is 1. The molecule has 1 atom stereocenters. The molecule has 1 unspecified atom stereocenters. The van der Waals surface area contributed by atoms with Crippen LogP contribution in [0.3, 0.4) is 0 Å². The molecule has 104 valence electrons. The number of carbonyl (C=O) groups is 1. The summed E-state index contributed by atoms with van der Waals surface area (Å²) in [6.07, 6.45) is 1.61. The van der Waals surface area contributed by atoms with Crippen molar-refractivity contribution in [3.05, 3.63) is 30.1 Å². The highest BCUT2D eigenvalue weighted by molar-refractivity contribution is 7.91. The van der Waals surface area contributed by atoms with Crippen LogP contribution in [0.1, 0.15) is 6.42 Å². The Morgan fingerprint density at radius 2 is 2.21 bits per heavy atom. The lowest BCUT2D eigenvalue weighted by Gasteiger charge is -2.17. The van der Waals surface area contributed by atoms with Gasteiger partial charge in [-0.15, -0.1) is 0 Å². The summed E-state index contributed by atoms with van der Waals surface area (Å²) in [5.41, 5.74) is 0.354. The van der Waals surface area contributed by atoms with Gasteiger partial charge >= 0.3 is 6.03 Å². The molecule has 2 rings (SSSR count). The molecule has 0 radical (unpaired) electrons. The van der Waals surface area contributed by atoms with E-state index in [1.807, 2.05) is 0 Å². The SMILES string of the molecule is CS(=O)(=O)C1CCN(C(=O)Nc2cccc(F)c2)C1. The first kappa shape index (κ1) is 13.8. The number of nitrogens with zero attached hydrogens (tertiary/aromatic N) is 1. The van der Waals surface area contributed by atoms with E-state index in [9.17, 15) is 17.6 Å². The van der Waals surface area contributed by atoms with Gasteiger partial charge < -0.3 is 10.2 Å². The van der Waals surface area contributed by atoms with Gasteiger partial charge in [0.05, 0.1) is 5.25 Å². The second kappa shape index (κ2) is 5.16. The molecule has 19 heavy (non-hydrogen) atoms. The van der Waals surface area contributed by atoms with E-state index in [1.165, 1.54) is 29.4 Å².